The Kier molecular flexibility index (Phi) is 6.31. The molecule has 0 aliphatic rings. The topological polar surface area (TPSA) is 139 Å². The van der Waals surface area contributed by atoms with Gasteiger partial charge in [0.15, 0.2) is 0 Å². The van der Waals surface area contributed by atoms with Crippen molar-refractivity contribution in [3.63, 3.8) is 0 Å². The number of nitrogens with two attached hydrogens (primary N) is 1. The Morgan fingerprint density at radius 1 is 1.06 bits per heavy atom. The highest BCUT2D eigenvalue weighted by molar-refractivity contribution is 6.35. The number of carboxylic acids is 1. The Bertz CT molecular complexity index is 1480. The Labute approximate surface area is 198 Å². The molecule has 1 aromatic heterocycles. The lowest BCUT2D eigenvalue weighted by Gasteiger charge is -2.17. The number of fused-ring (bicyclic) bond motifs is 1. The van der Waals surface area contributed by atoms with Gasteiger partial charge in [0.05, 0.1) is 38.9 Å². The molecule has 4 aromatic rings. The molecule has 1 unspecified atom stereocenters. The average Bonchev–Trinajstić information content (AvgIpc) is 2.79. The maximum atomic E-state index is 13.4. The van der Waals surface area contributed by atoms with Gasteiger partial charge in [-0.3, -0.25) is 9.36 Å². The highest BCUT2D eigenvalue weighted by Gasteiger charge is 2.18. The van der Waals surface area contributed by atoms with Crippen molar-refractivity contribution in [3.8, 4) is 5.69 Å². The van der Waals surface area contributed by atoms with Crippen LogP contribution in [0.5, 0.6) is 0 Å². The molecule has 9 nitrogen and oxygen atoms in total. The Balaban J connectivity index is 1.71. The van der Waals surface area contributed by atoms with Gasteiger partial charge in [0.1, 0.15) is 5.82 Å². The van der Waals surface area contributed by atoms with Gasteiger partial charge in [-0.05, 0) is 49.4 Å². The number of aromatic nitrogens is 2. The number of carboxylic acid groups (broad SMARTS) is 1. The number of carbonyl (C=O) groups is 2. The summed E-state index contributed by atoms with van der Waals surface area (Å²) >= 11 is 6.27. The van der Waals surface area contributed by atoms with Gasteiger partial charge in [-0.2, -0.15) is 0 Å². The molecule has 0 aliphatic heterocycles. The number of rotatable bonds is 5. The minimum Gasteiger partial charge on any atom is -0.478 e. The van der Waals surface area contributed by atoms with Crippen LogP contribution in [0.3, 0.4) is 0 Å². The van der Waals surface area contributed by atoms with Crippen molar-refractivity contribution in [2.75, 3.05) is 10.6 Å². The Morgan fingerprint density at radius 2 is 1.79 bits per heavy atom. The molecule has 0 bridgehead atoms. The van der Waals surface area contributed by atoms with Crippen LogP contribution < -0.4 is 21.9 Å². The van der Waals surface area contributed by atoms with E-state index in [2.05, 4.69) is 15.6 Å². The van der Waals surface area contributed by atoms with Gasteiger partial charge < -0.3 is 21.5 Å². The van der Waals surface area contributed by atoms with E-state index in [-0.39, 0.29) is 27.2 Å². The first kappa shape index (κ1) is 23.0. The van der Waals surface area contributed by atoms with E-state index in [1.165, 1.54) is 16.7 Å². The number of hydrogen-bond donors (Lipinski definition) is 4. The summed E-state index contributed by atoms with van der Waals surface area (Å²) < 4.78 is 1.36. The normalized spacial score (nSPS) is 11.7. The van der Waals surface area contributed by atoms with Gasteiger partial charge in [-0.1, -0.05) is 35.9 Å². The molecular weight excluding hydrogens is 458 g/mol. The summed E-state index contributed by atoms with van der Waals surface area (Å²) in [6.07, 6.45) is 0. The number of para-hydroxylation sites is 1. The zero-order valence-electron chi connectivity index (χ0n) is 17.9. The molecule has 34 heavy (non-hydrogen) atoms. The van der Waals surface area contributed by atoms with Crippen LogP contribution in [0.25, 0.3) is 16.6 Å². The quantitative estimate of drug-likeness (QED) is 0.336. The molecule has 0 aliphatic carbocycles. The van der Waals surface area contributed by atoms with Crippen molar-refractivity contribution in [1.82, 2.24) is 9.55 Å². The van der Waals surface area contributed by atoms with Gasteiger partial charge in [0.25, 0.3) is 5.56 Å². The number of carbonyl (C=O) groups excluding carboxylic acids is 1. The van der Waals surface area contributed by atoms with Crippen LogP contribution in [0.15, 0.2) is 71.5 Å². The Hall–Kier alpha value is -4.21. The van der Waals surface area contributed by atoms with Crippen LogP contribution >= 0.6 is 11.6 Å². The van der Waals surface area contributed by atoms with E-state index >= 15 is 0 Å². The van der Waals surface area contributed by atoms with E-state index in [0.717, 1.165) is 0 Å². The largest absolute Gasteiger partial charge is 0.478 e. The minimum absolute atomic E-state index is 0.0429. The lowest BCUT2D eigenvalue weighted by molar-refractivity contribution is 0.0698. The first-order valence-corrected chi connectivity index (χ1v) is 10.6. The summed E-state index contributed by atoms with van der Waals surface area (Å²) in [7, 11) is 0. The fourth-order valence-corrected chi connectivity index (χ4v) is 3.80. The molecule has 5 N–H and O–H groups in total. The van der Waals surface area contributed by atoms with Gasteiger partial charge in [0, 0.05) is 5.69 Å². The Morgan fingerprint density at radius 3 is 2.53 bits per heavy atom. The molecule has 0 radical (unpaired) electrons. The fraction of sp³-hybridized carbons (Fsp3) is 0.0833. The van der Waals surface area contributed by atoms with Gasteiger partial charge in [-0.25, -0.2) is 14.6 Å². The van der Waals surface area contributed by atoms with E-state index in [4.69, 9.17) is 17.3 Å². The van der Waals surface area contributed by atoms with Crippen LogP contribution in [0, 0.1) is 0 Å². The lowest BCUT2D eigenvalue weighted by Crippen LogP contribution is -2.28. The standard InChI is InChI=1S/C24H20ClN5O4/c1-13(26)21-28-19-11-5-9-17(25)20(19)22(31)30(21)15-7-4-6-14(12-15)27-24(34)29-18-10-3-2-8-16(18)23(32)33/h2-13H,26H2,1H3,(H,32,33)(H2,27,29,34). The number of anilines is 2. The van der Waals surface area contributed by atoms with Crippen LogP contribution in [0.4, 0.5) is 16.2 Å². The highest BCUT2D eigenvalue weighted by Crippen LogP contribution is 2.23. The summed E-state index contributed by atoms with van der Waals surface area (Å²) in [6.45, 7) is 1.71. The van der Waals surface area contributed by atoms with E-state index in [9.17, 15) is 19.5 Å². The number of urea groups is 1. The van der Waals surface area contributed by atoms with Crippen molar-refractivity contribution < 1.29 is 14.7 Å². The third-order valence-electron chi connectivity index (χ3n) is 5.05. The van der Waals surface area contributed by atoms with Crippen LogP contribution in [0.1, 0.15) is 29.1 Å². The van der Waals surface area contributed by atoms with Gasteiger partial charge in [0.2, 0.25) is 0 Å². The van der Waals surface area contributed by atoms with Crippen LogP contribution in [-0.4, -0.2) is 26.7 Å². The molecule has 0 fully saturated rings. The number of halogens is 1. The molecule has 1 heterocycles. The summed E-state index contributed by atoms with van der Waals surface area (Å²) in [5.74, 6) is -0.833. The highest BCUT2D eigenvalue weighted by atomic mass is 35.5. The number of nitrogens with one attached hydrogen (secondary N) is 2. The van der Waals surface area contributed by atoms with Crippen LogP contribution in [0.2, 0.25) is 5.02 Å². The van der Waals surface area contributed by atoms with Crippen LogP contribution in [-0.2, 0) is 0 Å². The fourth-order valence-electron chi connectivity index (χ4n) is 3.55. The van der Waals surface area contributed by atoms with Gasteiger partial charge >= 0.3 is 12.0 Å². The van der Waals surface area contributed by atoms with E-state index < -0.39 is 18.0 Å². The van der Waals surface area contributed by atoms with Crippen molar-refractivity contribution in [2.45, 2.75) is 13.0 Å². The van der Waals surface area contributed by atoms with Crippen molar-refractivity contribution >= 4 is 45.9 Å². The second-order valence-corrected chi connectivity index (χ2v) is 7.92. The maximum Gasteiger partial charge on any atom is 0.337 e. The SMILES string of the molecule is CC(N)c1nc2cccc(Cl)c2c(=O)n1-c1cccc(NC(=O)Nc2ccccc2C(=O)O)c1. The van der Waals surface area contributed by atoms with Gasteiger partial charge in [-0.15, -0.1) is 0 Å². The van der Waals surface area contributed by atoms with E-state index in [0.29, 0.717) is 22.7 Å². The number of aromatic carboxylic acids is 1. The second-order valence-electron chi connectivity index (χ2n) is 7.51. The third-order valence-corrected chi connectivity index (χ3v) is 5.36. The van der Waals surface area contributed by atoms with E-state index in [1.807, 2.05) is 0 Å². The molecule has 172 valence electrons. The molecule has 1 atom stereocenters. The zero-order valence-corrected chi connectivity index (χ0v) is 18.7. The molecule has 0 saturated heterocycles. The third kappa shape index (κ3) is 4.47. The second kappa shape index (κ2) is 9.34. The van der Waals surface area contributed by atoms with E-state index in [1.54, 1.807) is 61.5 Å². The predicted molar refractivity (Wildman–Crippen MR) is 131 cm³/mol. The minimum atomic E-state index is -1.16. The molecule has 10 heteroatoms. The summed E-state index contributed by atoms with van der Waals surface area (Å²) in [5, 5.41) is 15.0. The maximum absolute atomic E-state index is 13.4. The molecule has 2 amide bonds. The summed E-state index contributed by atoms with van der Waals surface area (Å²) in [4.78, 5) is 41.8. The number of amides is 2. The number of nitrogens with zero attached hydrogens (tertiary/aromatic N) is 2. The monoisotopic (exact) mass is 477 g/mol. The first-order valence-electron chi connectivity index (χ1n) is 10.2. The summed E-state index contributed by atoms with van der Waals surface area (Å²) in [5.41, 5.74) is 7.05. The zero-order chi connectivity index (χ0) is 24.4. The lowest BCUT2D eigenvalue weighted by atomic mass is 10.2. The number of benzene rings is 3. The molecule has 0 spiro atoms. The smallest absolute Gasteiger partial charge is 0.337 e. The molecule has 0 saturated carbocycles. The summed E-state index contributed by atoms with van der Waals surface area (Å²) in [6, 6.07) is 16.4. The van der Waals surface area contributed by atoms with Crippen molar-refractivity contribution in [1.29, 1.82) is 0 Å². The molecule has 4 rings (SSSR count). The average molecular weight is 478 g/mol. The first-order chi connectivity index (χ1) is 16.3. The number of hydrogen-bond acceptors (Lipinski definition) is 5. The molecule has 3 aromatic carbocycles. The van der Waals surface area contributed by atoms with Crippen molar-refractivity contribution in [2.24, 2.45) is 5.73 Å². The predicted octanol–water partition coefficient (Wildman–Crippen LogP) is 4.40. The van der Waals surface area contributed by atoms with Crippen molar-refractivity contribution in [3.05, 3.63) is 93.5 Å². The molecular formula is C24H20ClN5O4.